The Morgan fingerprint density at radius 1 is 1.16 bits per heavy atom. The van der Waals surface area contributed by atoms with E-state index in [1.165, 1.54) is 14.2 Å². The molecule has 1 aromatic heterocycles. The molecular formula is C13H22NO4P. The van der Waals surface area contributed by atoms with Crippen molar-refractivity contribution in [1.29, 1.82) is 0 Å². The summed E-state index contributed by atoms with van der Waals surface area (Å²) in [5.41, 5.74) is 2.49. The molecule has 1 aromatic rings. The smallest absolute Gasteiger partial charge is 0.340 e. The van der Waals surface area contributed by atoms with Crippen molar-refractivity contribution < 1.29 is 18.3 Å². The average molecular weight is 287 g/mol. The van der Waals surface area contributed by atoms with Crippen LogP contribution >= 0.6 is 7.60 Å². The molecule has 19 heavy (non-hydrogen) atoms. The highest BCUT2D eigenvalue weighted by atomic mass is 31.2. The third kappa shape index (κ3) is 2.55. The second kappa shape index (κ2) is 5.61. The van der Waals surface area contributed by atoms with Gasteiger partial charge in [-0.25, -0.2) is 0 Å². The number of aryl methyl sites for hydroxylation is 1. The molecule has 0 N–H and O–H groups in total. The third-order valence-corrected chi connectivity index (χ3v) is 6.06. The van der Waals surface area contributed by atoms with Crippen LogP contribution in [-0.4, -0.2) is 26.3 Å². The van der Waals surface area contributed by atoms with Crippen molar-refractivity contribution in [3.63, 3.8) is 0 Å². The van der Waals surface area contributed by atoms with E-state index in [4.69, 9.17) is 13.8 Å². The van der Waals surface area contributed by atoms with Crippen molar-refractivity contribution in [2.45, 2.75) is 32.9 Å². The molecule has 108 valence electrons. The number of nitrogens with zero attached hydrogens (tertiary/aromatic N) is 1. The van der Waals surface area contributed by atoms with E-state index in [1.807, 2.05) is 27.7 Å². The Balaban J connectivity index is 3.50. The van der Waals surface area contributed by atoms with Gasteiger partial charge in [-0.2, -0.15) is 0 Å². The van der Waals surface area contributed by atoms with Gasteiger partial charge in [0.2, 0.25) is 0 Å². The van der Waals surface area contributed by atoms with Gasteiger partial charge in [-0.1, -0.05) is 0 Å². The minimum Gasteiger partial charge on any atom is -0.495 e. The minimum atomic E-state index is -3.27. The summed E-state index contributed by atoms with van der Waals surface area (Å²) in [4.78, 5) is 4.30. The summed E-state index contributed by atoms with van der Waals surface area (Å²) in [6.45, 7) is 7.42. The van der Waals surface area contributed by atoms with Crippen LogP contribution < -0.4 is 4.74 Å². The van der Waals surface area contributed by atoms with Crippen LogP contribution in [0, 0.1) is 13.8 Å². The molecular weight excluding hydrogens is 265 g/mol. The van der Waals surface area contributed by atoms with Crippen LogP contribution in [0.3, 0.4) is 0 Å². The summed E-state index contributed by atoms with van der Waals surface area (Å²) in [6, 6.07) is 0. The molecule has 6 heteroatoms. The SMILES string of the molecule is COc1c(C)ncc(C(C)(C)P(=O)(OC)OC)c1C. The van der Waals surface area contributed by atoms with Gasteiger partial charge in [-0.15, -0.1) is 0 Å². The highest BCUT2D eigenvalue weighted by Gasteiger charge is 2.45. The quantitative estimate of drug-likeness (QED) is 0.776. The van der Waals surface area contributed by atoms with Crippen molar-refractivity contribution in [3.05, 3.63) is 23.0 Å². The summed E-state index contributed by atoms with van der Waals surface area (Å²) >= 11 is 0. The van der Waals surface area contributed by atoms with E-state index in [0.717, 1.165) is 16.8 Å². The van der Waals surface area contributed by atoms with Gasteiger partial charge in [0.25, 0.3) is 0 Å². The second-order valence-corrected chi connectivity index (χ2v) is 7.68. The molecule has 5 nitrogen and oxygen atoms in total. The van der Waals surface area contributed by atoms with Gasteiger partial charge in [-0.05, 0) is 38.8 Å². The molecule has 0 aliphatic carbocycles. The lowest BCUT2D eigenvalue weighted by Crippen LogP contribution is -2.22. The molecule has 0 aliphatic heterocycles. The maximum atomic E-state index is 12.7. The van der Waals surface area contributed by atoms with Crippen molar-refractivity contribution in [2.24, 2.45) is 0 Å². The highest BCUT2D eigenvalue weighted by Crippen LogP contribution is 2.64. The van der Waals surface area contributed by atoms with Crippen LogP contribution in [0.1, 0.15) is 30.7 Å². The normalized spacial score (nSPS) is 12.6. The first-order valence-corrected chi connectivity index (χ1v) is 7.51. The van der Waals surface area contributed by atoms with E-state index in [0.29, 0.717) is 5.75 Å². The van der Waals surface area contributed by atoms with Gasteiger partial charge < -0.3 is 13.8 Å². The molecule has 0 saturated heterocycles. The Kier molecular flexibility index (Phi) is 4.77. The summed E-state index contributed by atoms with van der Waals surface area (Å²) in [5.74, 6) is 0.698. The summed E-state index contributed by atoms with van der Waals surface area (Å²) in [5, 5.41) is -0.811. The Labute approximate surface area is 114 Å². The fourth-order valence-corrected chi connectivity index (χ4v) is 3.89. The van der Waals surface area contributed by atoms with Crippen LogP contribution in [-0.2, 0) is 18.8 Å². The van der Waals surface area contributed by atoms with Gasteiger partial charge in [-0.3, -0.25) is 9.55 Å². The predicted octanol–water partition coefficient (Wildman–Crippen LogP) is 3.43. The van der Waals surface area contributed by atoms with Gasteiger partial charge in [0.05, 0.1) is 18.0 Å². The molecule has 0 unspecified atom stereocenters. The maximum absolute atomic E-state index is 12.7. The number of hydrogen-bond acceptors (Lipinski definition) is 5. The molecule has 0 amide bonds. The van der Waals surface area contributed by atoms with E-state index >= 15 is 0 Å². The number of methoxy groups -OCH3 is 1. The van der Waals surface area contributed by atoms with E-state index in [9.17, 15) is 4.57 Å². The van der Waals surface area contributed by atoms with Crippen molar-refractivity contribution >= 4 is 7.60 Å². The van der Waals surface area contributed by atoms with Gasteiger partial charge in [0.15, 0.2) is 0 Å². The Hall–Kier alpha value is -0.900. The lowest BCUT2D eigenvalue weighted by atomic mass is 9.98. The molecule has 0 atom stereocenters. The van der Waals surface area contributed by atoms with Crippen LogP contribution in [0.25, 0.3) is 0 Å². The topological polar surface area (TPSA) is 57.7 Å². The van der Waals surface area contributed by atoms with Gasteiger partial charge in [0, 0.05) is 20.4 Å². The zero-order chi connectivity index (χ0) is 14.8. The molecule has 1 heterocycles. The van der Waals surface area contributed by atoms with Crippen LogP contribution in [0.5, 0.6) is 5.75 Å². The molecule has 0 fully saturated rings. The zero-order valence-electron chi connectivity index (χ0n) is 12.6. The molecule has 0 saturated carbocycles. The minimum absolute atomic E-state index is 0.698. The summed E-state index contributed by atoms with van der Waals surface area (Å²) < 4.78 is 28.3. The first-order chi connectivity index (χ1) is 8.75. The largest absolute Gasteiger partial charge is 0.495 e. The Morgan fingerprint density at radius 2 is 1.68 bits per heavy atom. The fourth-order valence-electron chi connectivity index (χ4n) is 2.31. The molecule has 1 rings (SSSR count). The number of hydrogen-bond donors (Lipinski definition) is 0. The number of rotatable bonds is 5. The number of ether oxygens (including phenoxy) is 1. The first-order valence-electron chi connectivity index (χ1n) is 5.97. The zero-order valence-corrected chi connectivity index (χ0v) is 13.5. The molecule has 0 aromatic carbocycles. The van der Waals surface area contributed by atoms with Crippen molar-refractivity contribution in [3.8, 4) is 5.75 Å². The highest BCUT2D eigenvalue weighted by molar-refractivity contribution is 7.55. The van der Waals surface area contributed by atoms with E-state index in [1.54, 1.807) is 13.3 Å². The standard InChI is InChI=1S/C13H22NO4P/c1-9-11(8-14-10(2)12(9)16-5)13(3,4)19(15,17-6)18-7/h8H,1-7H3. The number of aromatic nitrogens is 1. The third-order valence-electron chi connectivity index (χ3n) is 3.49. The van der Waals surface area contributed by atoms with E-state index in [-0.39, 0.29) is 0 Å². The monoisotopic (exact) mass is 287 g/mol. The molecule has 0 bridgehead atoms. The van der Waals surface area contributed by atoms with Crippen LogP contribution in [0.15, 0.2) is 6.20 Å². The Bertz CT molecular complexity index is 506. The van der Waals surface area contributed by atoms with Crippen molar-refractivity contribution in [1.82, 2.24) is 4.98 Å². The predicted molar refractivity (Wildman–Crippen MR) is 74.9 cm³/mol. The summed E-state index contributed by atoms with van der Waals surface area (Å²) in [6.07, 6.45) is 1.71. The van der Waals surface area contributed by atoms with E-state index < -0.39 is 12.8 Å². The Morgan fingerprint density at radius 3 is 2.11 bits per heavy atom. The second-order valence-electron chi connectivity index (χ2n) is 4.84. The lowest BCUT2D eigenvalue weighted by molar-refractivity contribution is 0.251. The lowest BCUT2D eigenvalue weighted by Gasteiger charge is -2.32. The van der Waals surface area contributed by atoms with Crippen LogP contribution in [0.4, 0.5) is 0 Å². The number of pyridine rings is 1. The van der Waals surface area contributed by atoms with Crippen molar-refractivity contribution in [2.75, 3.05) is 21.3 Å². The molecule has 0 aliphatic rings. The molecule has 0 spiro atoms. The van der Waals surface area contributed by atoms with Gasteiger partial charge >= 0.3 is 7.60 Å². The van der Waals surface area contributed by atoms with E-state index in [2.05, 4.69) is 4.98 Å². The van der Waals surface area contributed by atoms with Crippen LogP contribution in [0.2, 0.25) is 0 Å². The van der Waals surface area contributed by atoms with Gasteiger partial charge in [0.1, 0.15) is 5.75 Å². The molecule has 0 radical (unpaired) electrons. The fraction of sp³-hybridized carbons (Fsp3) is 0.615. The first kappa shape index (κ1) is 16.2. The maximum Gasteiger partial charge on any atom is 0.340 e. The summed E-state index contributed by atoms with van der Waals surface area (Å²) in [7, 11) is 1.10. The average Bonchev–Trinajstić information content (AvgIpc) is 2.37.